The standard InChI is InChI=1S/C11H12F2O2/c1-9(2)11(13)7-4-3-6(5-7)10(11,12)8(14)15-9/h3-4,6-7H,5H2,1-2H3/t6-,7+,10?,11?/m1/s1. The van der Waals surface area contributed by atoms with Crippen molar-refractivity contribution in [2.75, 3.05) is 0 Å². The van der Waals surface area contributed by atoms with Gasteiger partial charge < -0.3 is 4.74 Å². The van der Waals surface area contributed by atoms with Gasteiger partial charge in [0.25, 0.3) is 5.67 Å². The van der Waals surface area contributed by atoms with Crippen molar-refractivity contribution in [3.63, 3.8) is 0 Å². The lowest BCUT2D eigenvalue weighted by atomic mass is 9.71. The minimum Gasteiger partial charge on any atom is -0.454 e. The molecule has 0 radical (unpaired) electrons. The number of fused-ring (bicyclic) bond motifs is 5. The Morgan fingerprint density at radius 2 is 1.93 bits per heavy atom. The van der Waals surface area contributed by atoms with Crippen LogP contribution in [0, 0.1) is 11.8 Å². The van der Waals surface area contributed by atoms with Gasteiger partial charge in [-0.2, -0.15) is 0 Å². The average molecular weight is 214 g/mol. The zero-order chi connectivity index (χ0) is 11.1. The van der Waals surface area contributed by atoms with Crippen molar-refractivity contribution < 1.29 is 18.3 Å². The van der Waals surface area contributed by atoms with Crippen molar-refractivity contribution in [2.45, 2.75) is 37.2 Å². The van der Waals surface area contributed by atoms with E-state index >= 15 is 0 Å². The van der Waals surface area contributed by atoms with Gasteiger partial charge >= 0.3 is 5.97 Å². The molecule has 1 heterocycles. The third-order valence-electron chi connectivity index (χ3n) is 4.16. The molecule has 0 aromatic heterocycles. The van der Waals surface area contributed by atoms with Crippen LogP contribution in [0.15, 0.2) is 12.2 Å². The van der Waals surface area contributed by atoms with E-state index in [1.165, 1.54) is 13.8 Å². The summed E-state index contributed by atoms with van der Waals surface area (Å²) in [6, 6.07) is 0. The summed E-state index contributed by atoms with van der Waals surface area (Å²) in [6.07, 6.45) is 3.66. The summed E-state index contributed by atoms with van der Waals surface area (Å²) in [5.74, 6) is -2.22. The molecule has 2 bridgehead atoms. The highest BCUT2D eigenvalue weighted by atomic mass is 19.2. The number of allylic oxidation sites excluding steroid dienone is 2. The van der Waals surface area contributed by atoms with Crippen LogP contribution in [-0.2, 0) is 9.53 Å². The Kier molecular flexibility index (Phi) is 1.31. The summed E-state index contributed by atoms with van der Waals surface area (Å²) >= 11 is 0. The first-order chi connectivity index (χ1) is 6.84. The maximum Gasteiger partial charge on any atom is 0.348 e. The van der Waals surface area contributed by atoms with Crippen molar-refractivity contribution in [1.82, 2.24) is 0 Å². The van der Waals surface area contributed by atoms with Crippen LogP contribution in [0.3, 0.4) is 0 Å². The van der Waals surface area contributed by atoms with E-state index in [4.69, 9.17) is 4.74 Å². The first-order valence-electron chi connectivity index (χ1n) is 5.13. The van der Waals surface area contributed by atoms with Gasteiger partial charge in [0.1, 0.15) is 5.60 Å². The Balaban J connectivity index is 2.26. The number of hydrogen-bond donors (Lipinski definition) is 0. The lowest BCUT2D eigenvalue weighted by molar-refractivity contribution is -0.155. The quantitative estimate of drug-likeness (QED) is 0.455. The average Bonchev–Trinajstić information content (AvgIpc) is 2.71. The predicted octanol–water partition coefficient (Wildman–Crippen LogP) is 1.94. The molecule has 4 atom stereocenters. The van der Waals surface area contributed by atoms with Gasteiger partial charge in [-0.25, -0.2) is 13.6 Å². The number of rotatable bonds is 0. The molecule has 82 valence electrons. The van der Waals surface area contributed by atoms with Gasteiger partial charge in [0, 0.05) is 11.8 Å². The van der Waals surface area contributed by atoms with Gasteiger partial charge in [0.2, 0.25) is 5.67 Å². The maximum absolute atomic E-state index is 14.8. The van der Waals surface area contributed by atoms with Gasteiger partial charge in [0.15, 0.2) is 0 Å². The molecule has 15 heavy (non-hydrogen) atoms. The molecule has 0 aromatic carbocycles. The van der Waals surface area contributed by atoms with Crippen molar-refractivity contribution in [3.05, 3.63) is 12.2 Å². The van der Waals surface area contributed by atoms with Crippen LogP contribution in [0.1, 0.15) is 20.3 Å². The number of esters is 1. The molecule has 0 spiro atoms. The van der Waals surface area contributed by atoms with E-state index in [2.05, 4.69) is 0 Å². The van der Waals surface area contributed by atoms with Gasteiger partial charge in [-0.15, -0.1) is 0 Å². The maximum atomic E-state index is 14.8. The fourth-order valence-electron chi connectivity index (χ4n) is 3.39. The number of carbonyl (C=O) groups excluding carboxylic acids is 1. The zero-order valence-electron chi connectivity index (χ0n) is 8.59. The summed E-state index contributed by atoms with van der Waals surface area (Å²) in [6.45, 7) is 2.89. The number of ether oxygens (including phenoxy) is 1. The highest BCUT2D eigenvalue weighted by Gasteiger charge is 2.83. The second-order valence-electron chi connectivity index (χ2n) is 5.16. The van der Waals surface area contributed by atoms with Crippen molar-refractivity contribution in [1.29, 1.82) is 0 Å². The fraction of sp³-hybridized carbons (Fsp3) is 0.727. The molecular weight excluding hydrogens is 202 g/mol. The topological polar surface area (TPSA) is 26.3 Å². The molecule has 2 nitrogen and oxygen atoms in total. The van der Waals surface area contributed by atoms with Crippen LogP contribution in [0.2, 0.25) is 0 Å². The number of carbonyl (C=O) groups is 1. The van der Waals surface area contributed by atoms with E-state index in [1.54, 1.807) is 12.2 Å². The molecular formula is C11H12F2O2. The molecule has 1 aliphatic heterocycles. The zero-order valence-corrected chi connectivity index (χ0v) is 8.59. The third-order valence-corrected chi connectivity index (χ3v) is 4.16. The van der Waals surface area contributed by atoms with E-state index in [-0.39, 0.29) is 0 Å². The highest BCUT2D eigenvalue weighted by Crippen LogP contribution is 2.65. The van der Waals surface area contributed by atoms with Gasteiger partial charge in [0.05, 0.1) is 0 Å². The molecule has 0 N–H and O–H groups in total. The highest BCUT2D eigenvalue weighted by molar-refractivity contribution is 5.87. The molecule has 0 amide bonds. The minimum absolute atomic E-state index is 0.380. The van der Waals surface area contributed by atoms with Crippen molar-refractivity contribution in [2.24, 2.45) is 11.8 Å². The molecule has 2 fully saturated rings. The molecule has 4 heteroatoms. The lowest BCUT2D eigenvalue weighted by Gasteiger charge is -2.37. The van der Waals surface area contributed by atoms with Crippen LogP contribution >= 0.6 is 0 Å². The number of cyclic esters (lactones) is 1. The second kappa shape index (κ2) is 2.11. The fourth-order valence-corrected chi connectivity index (χ4v) is 3.39. The number of hydrogen-bond acceptors (Lipinski definition) is 2. The summed E-state index contributed by atoms with van der Waals surface area (Å²) in [4.78, 5) is 11.5. The largest absolute Gasteiger partial charge is 0.454 e. The Bertz CT molecular complexity index is 390. The SMILES string of the molecule is CC1(C)OC(=O)C2(F)[C@@H]3C=C[C@@H](C3)C12F. The summed E-state index contributed by atoms with van der Waals surface area (Å²) in [7, 11) is 0. The molecule has 1 saturated heterocycles. The molecule has 2 aliphatic carbocycles. The first-order valence-corrected chi connectivity index (χ1v) is 5.13. The van der Waals surface area contributed by atoms with Crippen molar-refractivity contribution >= 4 is 5.97 Å². The number of halogens is 2. The third kappa shape index (κ3) is 0.665. The summed E-state index contributed by atoms with van der Waals surface area (Å²) in [5, 5.41) is 0. The first kappa shape index (κ1) is 9.31. The van der Waals surface area contributed by atoms with E-state index < -0.39 is 34.7 Å². The van der Waals surface area contributed by atoms with E-state index in [9.17, 15) is 13.6 Å². The van der Waals surface area contributed by atoms with Crippen LogP contribution < -0.4 is 0 Å². The predicted molar refractivity (Wildman–Crippen MR) is 48.6 cm³/mol. The smallest absolute Gasteiger partial charge is 0.348 e. The molecule has 1 saturated carbocycles. The lowest BCUT2D eigenvalue weighted by Crippen LogP contribution is -2.58. The van der Waals surface area contributed by atoms with Crippen molar-refractivity contribution in [3.8, 4) is 0 Å². The summed E-state index contributed by atoms with van der Waals surface area (Å²) < 4.78 is 34.3. The Labute approximate surface area is 86.3 Å². The van der Waals surface area contributed by atoms with E-state index in [0.717, 1.165) is 0 Å². The molecule has 0 aromatic rings. The Morgan fingerprint density at radius 1 is 1.33 bits per heavy atom. The monoisotopic (exact) mass is 214 g/mol. The van der Waals surface area contributed by atoms with Crippen LogP contribution in [-0.4, -0.2) is 22.9 Å². The molecule has 3 aliphatic rings. The van der Waals surface area contributed by atoms with Crippen LogP contribution in [0.25, 0.3) is 0 Å². The summed E-state index contributed by atoms with van der Waals surface area (Å²) in [5.41, 5.74) is -6.03. The Hall–Kier alpha value is -0.930. The van der Waals surface area contributed by atoms with E-state index in [1.807, 2.05) is 0 Å². The molecule has 2 unspecified atom stereocenters. The van der Waals surface area contributed by atoms with Crippen LogP contribution in [0.5, 0.6) is 0 Å². The normalized spacial score (nSPS) is 54.5. The van der Waals surface area contributed by atoms with Gasteiger partial charge in [-0.1, -0.05) is 12.2 Å². The second-order valence-corrected chi connectivity index (χ2v) is 5.16. The molecule has 3 rings (SSSR count). The van der Waals surface area contributed by atoms with Gasteiger partial charge in [-0.3, -0.25) is 0 Å². The van der Waals surface area contributed by atoms with Gasteiger partial charge in [-0.05, 0) is 20.3 Å². The minimum atomic E-state index is -2.46. The number of alkyl halides is 2. The van der Waals surface area contributed by atoms with Crippen LogP contribution in [0.4, 0.5) is 8.78 Å². The van der Waals surface area contributed by atoms with E-state index in [0.29, 0.717) is 6.42 Å². The Morgan fingerprint density at radius 3 is 2.53 bits per heavy atom.